The summed E-state index contributed by atoms with van der Waals surface area (Å²) in [5.41, 5.74) is 2.18. The molecule has 1 saturated heterocycles. The van der Waals surface area contributed by atoms with E-state index < -0.39 is 0 Å². The van der Waals surface area contributed by atoms with Crippen LogP contribution in [-0.4, -0.2) is 59.5 Å². The molecular formula is C22H26N2O4S2. The van der Waals surface area contributed by atoms with Gasteiger partial charge in [0.05, 0.1) is 7.11 Å². The number of carbonyl (C=O) groups excluding carboxylic acids is 3. The number of benzene rings is 1. The highest BCUT2D eigenvalue weighted by Gasteiger charge is 2.27. The fourth-order valence-corrected chi connectivity index (χ4v) is 5.09. The van der Waals surface area contributed by atoms with Crippen LogP contribution in [0.5, 0.6) is 0 Å². The highest BCUT2D eigenvalue weighted by molar-refractivity contribution is 8.13. The van der Waals surface area contributed by atoms with E-state index in [4.69, 9.17) is 4.74 Å². The molecule has 0 bridgehead atoms. The van der Waals surface area contributed by atoms with Gasteiger partial charge in [-0.3, -0.25) is 14.6 Å². The maximum Gasteiger partial charge on any atom is 0.348 e. The van der Waals surface area contributed by atoms with Gasteiger partial charge in [-0.25, -0.2) is 9.80 Å². The summed E-state index contributed by atoms with van der Waals surface area (Å²) < 4.78 is 4.75. The minimum absolute atomic E-state index is 0.0112. The molecule has 30 heavy (non-hydrogen) atoms. The molecule has 0 radical (unpaired) electrons. The van der Waals surface area contributed by atoms with Crippen LogP contribution in [0.2, 0.25) is 0 Å². The van der Waals surface area contributed by atoms with Crippen molar-refractivity contribution in [2.75, 3.05) is 32.5 Å². The number of hydrazine groups is 1. The van der Waals surface area contributed by atoms with Crippen molar-refractivity contribution < 1.29 is 19.1 Å². The van der Waals surface area contributed by atoms with E-state index in [0.29, 0.717) is 37.2 Å². The van der Waals surface area contributed by atoms with E-state index in [2.05, 4.69) is 0 Å². The van der Waals surface area contributed by atoms with Crippen LogP contribution in [0.15, 0.2) is 36.4 Å². The summed E-state index contributed by atoms with van der Waals surface area (Å²) in [6.45, 7) is 3.82. The van der Waals surface area contributed by atoms with Gasteiger partial charge in [0.2, 0.25) is 0 Å². The van der Waals surface area contributed by atoms with Crippen molar-refractivity contribution >= 4 is 40.1 Å². The van der Waals surface area contributed by atoms with Crippen LogP contribution < -0.4 is 0 Å². The predicted octanol–water partition coefficient (Wildman–Crippen LogP) is 3.97. The summed E-state index contributed by atoms with van der Waals surface area (Å²) in [6, 6.07) is 11.6. The Bertz CT molecular complexity index is 912. The van der Waals surface area contributed by atoms with Gasteiger partial charge < -0.3 is 4.74 Å². The summed E-state index contributed by atoms with van der Waals surface area (Å²) in [7, 11) is 1.36. The van der Waals surface area contributed by atoms with Crippen LogP contribution in [0, 0.1) is 6.92 Å². The van der Waals surface area contributed by atoms with Crippen LogP contribution >= 0.6 is 23.1 Å². The van der Waals surface area contributed by atoms with E-state index in [0.717, 1.165) is 28.3 Å². The topological polar surface area (TPSA) is 66.9 Å². The molecule has 0 unspecified atom stereocenters. The van der Waals surface area contributed by atoms with Gasteiger partial charge in [0.25, 0.3) is 5.24 Å². The second-order valence-corrected chi connectivity index (χ2v) is 9.37. The smallest absolute Gasteiger partial charge is 0.348 e. The van der Waals surface area contributed by atoms with Crippen molar-refractivity contribution in [3.8, 4) is 0 Å². The lowest BCUT2D eigenvalue weighted by Crippen LogP contribution is -2.50. The molecule has 8 heteroatoms. The molecule has 0 atom stereocenters. The summed E-state index contributed by atoms with van der Waals surface area (Å²) in [5, 5.41) is 3.74. The van der Waals surface area contributed by atoms with E-state index in [1.807, 2.05) is 42.3 Å². The quantitative estimate of drug-likeness (QED) is 0.543. The predicted molar refractivity (Wildman–Crippen MR) is 120 cm³/mol. The fourth-order valence-electron chi connectivity index (χ4n) is 3.34. The van der Waals surface area contributed by atoms with Crippen molar-refractivity contribution in [1.82, 2.24) is 10.0 Å². The molecule has 0 N–H and O–H groups in total. The van der Waals surface area contributed by atoms with Gasteiger partial charge in [0, 0.05) is 49.5 Å². The van der Waals surface area contributed by atoms with Crippen LogP contribution in [0.1, 0.15) is 32.1 Å². The lowest BCUT2D eigenvalue weighted by Gasteiger charge is -2.37. The molecule has 0 spiro atoms. The Labute approximate surface area is 185 Å². The first-order chi connectivity index (χ1) is 14.5. The van der Waals surface area contributed by atoms with Gasteiger partial charge in [0.15, 0.2) is 0 Å². The maximum atomic E-state index is 12.5. The zero-order valence-electron chi connectivity index (χ0n) is 17.3. The molecule has 160 valence electrons. The monoisotopic (exact) mass is 446 g/mol. The third-order valence-corrected chi connectivity index (χ3v) is 6.85. The average molecular weight is 447 g/mol. The van der Waals surface area contributed by atoms with Crippen LogP contribution in [0.25, 0.3) is 0 Å². The summed E-state index contributed by atoms with van der Waals surface area (Å²) in [6.07, 6.45) is 1.49. The zero-order chi connectivity index (χ0) is 21.5. The number of thioether (sulfide) groups is 1. The van der Waals surface area contributed by atoms with Gasteiger partial charge in [0.1, 0.15) is 10.7 Å². The SMILES string of the molecule is COC(=O)c1ccc(CCN2C(=O)SCCN2CCC(=O)Cc2cccc(C)c2)s1. The molecule has 2 heterocycles. The second kappa shape index (κ2) is 10.7. The molecular weight excluding hydrogens is 420 g/mol. The first-order valence-electron chi connectivity index (χ1n) is 9.89. The van der Waals surface area contributed by atoms with Crippen LogP contribution in [0.3, 0.4) is 0 Å². The van der Waals surface area contributed by atoms with Crippen LogP contribution in [0.4, 0.5) is 4.79 Å². The molecule has 1 aliphatic heterocycles. The van der Waals surface area contributed by atoms with Gasteiger partial charge in [-0.05, 0) is 24.6 Å². The standard InChI is InChI=1S/C22H26N2O4S2/c1-16-4-3-5-17(14-16)15-18(25)8-10-23-12-13-29-22(27)24(23)11-9-19-6-7-20(30-19)21(26)28-2/h3-7,14H,8-13,15H2,1-2H3. The maximum absolute atomic E-state index is 12.5. The number of Topliss-reactive ketones (excluding diaryl/α,β-unsaturated/α-hetero) is 1. The number of carbonyl (C=O) groups is 3. The largest absolute Gasteiger partial charge is 0.465 e. The zero-order valence-corrected chi connectivity index (χ0v) is 18.9. The number of methoxy groups -OCH3 is 1. The van der Waals surface area contributed by atoms with Gasteiger partial charge >= 0.3 is 5.97 Å². The Kier molecular flexibility index (Phi) is 8.07. The molecule has 6 nitrogen and oxygen atoms in total. The molecule has 1 amide bonds. The Morgan fingerprint density at radius 3 is 2.77 bits per heavy atom. The number of hydrogen-bond donors (Lipinski definition) is 0. The van der Waals surface area contributed by atoms with E-state index in [1.54, 1.807) is 11.1 Å². The summed E-state index contributed by atoms with van der Waals surface area (Å²) >= 11 is 2.69. The fraction of sp³-hybridized carbons (Fsp3) is 0.409. The third-order valence-electron chi connectivity index (χ3n) is 4.88. The van der Waals surface area contributed by atoms with Gasteiger partial charge in [-0.1, -0.05) is 41.6 Å². The number of rotatable bonds is 9. The molecule has 1 aromatic heterocycles. The molecule has 1 fully saturated rings. The van der Waals surface area contributed by atoms with Crippen molar-refractivity contribution in [2.45, 2.75) is 26.2 Å². The molecule has 3 rings (SSSR count). The summed E-state index contributed by atoms with van der Waals surface area (Å²) in [5.74, 6) is 0.559. The third kappa shape index (κ3) is 6.17. The number of ether oxygens (including phenoxy) is 1. The molecule has 0 aliphatic carbocycles. The van der Waals surface area contributed by atoms with E-state index >= 15 is 0 Å². The summed E-state index contributed by atoms with van der Waals surface area (Å²) in [4.78, 5) is 38.1. The van der Waals surface area contributed by atoms with Crippen molar-refractivity contribution in [2.24, 2.45) is 0 Å². The number of aryl methyl sites for hydroxylation is 1. The Hall–Kier alpha value is -2.16. The van der Waals surface area contributed by atoms with E-state index in [9.17, 15) is 14.4 Å². The number of esters is 1. The molecule has 1 aromatic carbocycles. The molecule has 2 aromatic rings. The number of ketones is 1. The first-order valence-corrected chi connectivity index (χ1v) is 11.7. The van der Waals surface area contributed by atoms with E-state index in [1.165, 1.54) is 30.2 Å². The number of amides is 1. The van der Waals surface area contributed by atoms with Crippen LogP contribution in [-0.2, 0) is 22.4 Å². The number of thiophene rings is 1. The van der Waals surface area contributed by atoms with Crippen molar-refractivity contribution in [3.63, 3.8) is 0 Å². The lowest BCUT2D eigenvalue weighted by atomic mass is 10.0. The minimum Gasteiger partial charge on any atom is -0.465 e. The van der Waals surface area contributed by atoms with Crippen molar-refractivity contribution in [3.05, 3.63) is 57.3 Å². The normalized spacial score (nSPS) is 14.7. The first kappa shape index (κ1) is 22.5. The Morgan fingerprint density at radius 1 is 1.17 bits per heavy atom. The Morgan fingerprint density at radius 2 is 2.00 bits per heavy atom. The Balaban J connectivity index is 1.53. The van der Waals surface area contributed by atoms with Gasteiger partial charge in [-0.2, -0.15) is 0 Å². The average Bonchev–Trinajstić information content (AvgIpc) is 3.20. The molecule has 1 aliphatic rings. The molecule has 0 saturated carbocycles. The highest BCUT2D eigenvalue weighted by atomic mass is 32.2. The lowest BCUT2D eigenvalue weighted by molar-refractivity contribution is -0.119. The number of hydrogen-bond acceptors (Lipinski definition) is 7. The van der Waals surface area contributed by atoms with E-state index in [-0.39, 0.29) is 17.0 Å². The minimum atomic E-state index is -0.343. The van der Waals surface area contributed by atoms with Crippen molar-refractivity contribution in [1.29, 1.82) is 0 Å². The second-order valence-electron chi connectivity index (χ2n) is 7.15. The number of nitrogens with zero attached hydrogens (tertiary/aromatic N) is 2. The van der Waals surface area contributed by atoms with Gasteiger partial charge in [-0.15, -0.1) is 11.3 Å². The highest BCUT2D eigenvalue weighted by Crippen LogP contribution is 2.22.